The molecule has 1 heterocycles. The van der Waals surface area contributed by atoms with Gasteiger partial charge in [-0.05, 0) is 75.3 Å². The van der Waals surface area contributed by atoms with Gasteiger partial charge in [0.1, 0.15) is 0 Å². The molecule has 3 aliphatic rings. The van der Waals surface area contributed by atoms with Gasteiger partial charge in [-0.15, -0.1) is 0 Å². The summed E-state index contributed by atoms with van der Waals surface area (Å²) in [6, 6.07) is 15.2. The highest BCUT2D eigenvalue weighted by atomic mass is 79.9. The Hall–Kier alpha value is -1.65. The van der Waals surface area contributed by atoms with Crippen molar-refractivity contribution in [1.29, 1.82) is 0 Å². The van der Waals surface area contributed by atoms with E-state index in [-0.39, 0.29) is 0 Å². The van der Waals surface area contributed by atoms with Crippen LogP contribution in [0.4, 0.5) is 0 Å². The highest BCUT2D eigenvalue weighted by molar-refractivity contribution is 9.10. The lowest BCUT2D eigenvalue weighted by Crippen LogP contribution is -2.41. The molecule has 1 spiro atoms. The number of carbonyl (C=O) groups is 1. The van der Waals surface area contributed by atoms with Crippen LogP contribution in [0.1, 0.15) is 33.5 Å². The van der Waals surface area contributed by atoms with Crippen LogP contribution < -0.4 is 0 Å². The summed E-state index contributed by atoms with van der Waals surface area (Å²) in [5.41, 5.74) is 5.09. The Morgan fingerprint density at radius 3 is 2.80 bits per heavy atom. The summed E-state index contributed by atoms with van der Waals surface area (Å²) in [7, 11) is 0. The molecule has 3 nitrogen and oxygen atoms in total. The molecule has 1 saturated carbocycles. The SMILES string of the molecule is O=C(O)c1ccc(CN2CC3CC34Cc3ccccc3CC24)cc1Br. The number of hydrogen-bond donors (Lipinski definition) is 1. The first-order valence-electron chi connectivity index (χ1n) is 8.89. The van der Waals surface area contributed by atoms with Crippen molar-refractivity contribution in [3.8, 4) is 0 Å². The lowest BCUT2D eigenvalue weighted by Gasteiger charge is -2.37. The van der Waals surface area contributed by atoms with E-state index in [9.17, 15) is 9.90 Å². The molecule has 0 bridgehead atoms. The van der Waals surface area contributed by atoms with Gasteiger partial charge in [0, 0.05) is 23.6 Å². The molecule has 5 rings (SSSR count). The van der Waals surface area contributed by atoms with Gasteiger partial charge in [-0.2, -0.15) is 0 Å². The lowest BCUT2D eigenvalue weighted by atomic mass is 9.77. The van der Waals surface area contributed by atoms with Crippen molar-refractivity contribution >= 4 is 21.9 Å². The zero-order valence-corrected chi connectivity index (χ0v) is 15.5. The summed E-state index contributed by atoms with van der Waals surface area (Å²) in [6.07, 6.45) is 3.77. The van der Waals surface area contributed by atoms with E-state index in [1.54, 1.807) is 11.6 Å². The Labute approximate surface area is 155 Å². The third-order valence-corrected chi connectivity index (χ3v) is 7.20. The van der Waals surface area contributed by atoms with Crippen LogP contribution >= 0.6 is 15.9 Å². The molecular weight excluding hydrogens is 378 g/mol. The minimum Gasteiger partial charge on any atom is -0.478 e. The van der Waals surface area contributed by atoms with Crippen molar-refractivity contribution in [1.82, 2.24) is 4.90 Å². The molecule has 0 amide bonds. The predicted molar refractivity (Wildman–Crippen MR) is 99.7 cm³/mol. The van der Waals surface area contributed by atoms with Gasteiger partial charge in [-0.3, -0.25) is 4.90 Å². The van der Waals surface area contributed by atoms with Crippen LogP contribution in [0.5, 0.6) is 0 Å². The number of nitrogens with zero attached hydrogens (tertiary/aromatic N) is 1. The highest BCUT2D eigenvalue weighted by Gasteiger charge is 2.66. The molecule has 4 heteroatoms. The first kappa shape index (κ1) is 15.6. The highest BCUT2D eigenvalue weighted by Crippen LogP contribution is 2.65. The number of carboxylic acid groups (broad SMARTS) is 1. The van der Waals surface area contributed by atoms with Crippen LogP contribution in [0.25, 0.3) is 0 Å². The van der Waals surface area contributed by atoms with Gasteiger partial charge >= 0.3 is 5.97 Å². The fraction of sp³-hybridized carbons (Fsp3) is 0.381. The second-order valence-corrected chi connectivity index (χ2v) is 8.70. The number of likely N-dealkylation sites (tertiary alicyclic amines) is 1. The summed E-state index contributed by atoms with van der Waals surface area (Å²) in [5, 5.41) is 9.19. The molecule has 2 aromatic rings. The van der Waals surface area contributed by atoms with Crippen molar-refractivity contribution in [2.24, 2.45) is 11.3 Å². The second kappa shape index (κ2) is 5.42. The van der Waals surface area contributed by atoms with E-state index in [1.165, 1.54) is 30.5 Å². The number of piperidine rings is 1. The molecule has 2 aromatic carbocycles. The maximum atomic E-state index is 11.2. The molecular formula is C21H20BrNO2. The zero-order chi connectivity index (χ0) is 17.2. The van der Waals surface area contributed by atoms with E-state index in [0.29, 0.717) is 21.5 Å². The average Bonchev–Trinajstić information content (AvgIpc) is 3.17. The standard InChI is InChI=1S/C21H20BrNO2/c22-18-7-13(5-6-17(18)20(24)25)11-23-12-16-10-21(16)9-15-4-2-1-3-14(15)8-19(21)23/h1-7,16,19H,8-12H2,(H,24,25). The molecule has 0 radical (unpaired) electrons. The van der Waals surface area contributed by atoms with Crippen LogP contribution in [-0.4, -0.2) is 28.6 Å². The second-order valence-electron chi connectivity index (χ2n) is 7.85. The largest absolute Gasteiger partial charge is 0.478 e. The van der Waals surface area contributed by atoms with Crippen LogP contribution in [0, 0.1) is 11.3 Å². The molecule has 1 saturated heterocycles. The molecule has 0 aromatic heterocycles. The summed E-state index contributed by atoms with van der Waals surface area (Å²) >= 11 is 3.41. The molecule has 25 heavy (non-hydrogen) atoms. The molecule has 2 fully saturated rings. The van der Waals surface area contributed by atoms with Crippen LogP contribution in [0.2, 0.25) is 0 Å². The number of fused-ring (bicyclic) bond motifs is 1. The van der Waals surface area contributed by atoms with Crippen LogP contribution in [0.3, 0.4) is 0 Å². The van der Waals surface area contributed by atoms with E-state index in [2.05, 4.69) is 45.1 Å². The van der Waals surface area contributed by atoms with Crippen LogP contribution in [-0.2, 0) is 19.4 Å². The number of aromatic carboxylic acids is 1. The number of carboxylic acids is 1. The fourth-order valence-electron chi connectivity index (χ4n) is 5.23. The van der Waals surface area contributed by atoms with E-state index in [0.717, 1.165) is 18.9 Å². The van der Waals surface area contributed by atoms with Gasteiger partial charge < -0.3 is 5.11 Å². The molecule has 1 N–H and O–H groups in total. The Morgan fingerprint density at radius 1 is 1.24 bits per heavy atom. The monoisotopic (exact) mass is 397 g/mol. The van der Waals surface area contributed by atoms with Crippen LogP contribution in [0.15, 0.2) is 46.9 Å². The predicted octanol–water partition coefficient (Wildman–Crippen LogP) is 4.14. The van der Waals surface area contributed by atoms with Gasteiger partial charge in [0.2, 0.25) is 0 Å². The van der Waals surface area contributed by atoms with Gasteiger partial charge in [-0.1, -0.05) is 30.3 Å². The van der Waals surface area contributed by atoms with Gasteiger partial charge in [0.15, 0.2) is 0 Å². The van der Waals surface area contributed by atoms with Crippen molar-refractivity contribution < 1.29 is 9.90 Å². The topological polar surface area (TPSA) is 40.5 Å². The normalized spacial score (nSPS) is 29.6. The van der Waals surface area contributed by atoms with E-state index in [1.807, 2.05) is 12.1 Å². The Kier molecular flexibility index (Phi) is 3.38. The quantitative estimate of drug-likeness (QED) is 0.845. The van der Waals surface area contributed by atoms with Gasteiger partial charge in [0.05, 0.1) is 5.56 Å². The molecule has 3 unspecified atom stereocenters. The van der Waals surface area contributed by atoms with E-state index >= 15 is 0 Å². The third kappa shape index (κ3) is 2.38. The molecule has 2 aliphatic carbocycles. The number of hydrogen-bond acceptors (Lipinski definition) is 2. The summed E-state index contributed by atoms with van der Waals surface area (Å²) in [5.74, 6) is -0.0451. The summed E-state index contributed by atoms with van der Waals surface area (Å²) < 4.78 is 0.672. The third-order valence-electron chi connectivity index (χ3n) is 6.54. The van der Waals surface area contributed by atoms with Crippen molar-refractivity contribution in [2.45, 2.75) is 31.8 Å². The minimum absolute atomic E-state index is 0.330. The van der Waals surface area contributed by atoms with E-state index < -0.39 is 5.97 Å². The maximum absolute atomic E-state index is 11.2. The minimum atomic E-state index is -0.885. The first-order valence-corrected chi connectivity index (χ1v) is 9.69. The number of benzene rings is 2. The van der Waals surface area contributed by atoms with Crippen molar-refractivity contribution in [2.75, 3.05) is 6.54 Å². The molecule has 1 aliphatic heterocycles. The Balaban J connectivity index is 1.40. The first-order chi connectivity index (χ1) is 12.1. The van der Waals surface area contributed by atoms with Gasteiger partial charge in [0.25, 0.3) is 0 Å². The summed E-state index contributed by atoms with van der Waals surface area (Å²) in [6.45, 7) is 2.08. The van der Waals surface area contributed by atoms with Crippen molar-refractivity contribution in [3.05, 3.63) is 69.2 Å². The smallest absolute Gasteiger partial charge is 0.336 e. The van der Waals surface area contributed by atoms with Crippen molar-refractivity contribution in [3.63, 3.8) is 0 Å². The summed E-state index contributed by atoms with van der Waals surface area (Å²) in [4.78, 5) is 13.8. The number of rotatable bonds is 3. The maximum Gasteiger partial charge on any atom is 0.336 e. The van der Waals surface area contributed by atoms with Gasteiger partial charge in [-0.25, -0.2) is 4.79 Å². The fourth-order valence-corrected chi connectivity index (χ4v) is 5.82. The average molecular weight is 398 g/mol. The Bertz CT molecular complexity index is 880. The molecule has 128 valence electrons. The lowest BCUT2D eigenvalue weighted by molar-refractivity contribution is 0.0696. The zero-order valence-electron chi connectivity index (χ0n) is 13.9. The number of halogens is 1. The van der Waals surface area contributed by atoms with E-state index in [4.69, 9.17) is 0 Å². The molecule has 3 atom stereocenters. The Morgan fingerprint density at radius 2 is 2.04 bits per heavy atom.